The van der Waals surface area contributed by atoms with Gasteiger partial charge in [-0.25, -0.2) is 4.79 Å². The number of aliphatic hydroxyl groups is 2. The molecule has 0 spiro atoms. The van der Waals surface area contributed by atoms with Crippen LogP contribution in [0.3, 0.4) is 0 Å². The van der Waals surface area contributed by atoms with Gasteiger partial charge in [-0.05, 0) is 25.7 Å². The molecule has 1 saturated carbocycles. The maximum atomic E-state index is 9.60. The summed E-state index contributed by atoms with van der Waals surface area (Å²) in [4.78, 5) is 9.60. The summed E-state index contributed by atoms with van der Waals surface area (Å²) in [5, 5.41) is 25.8. The minimum atomic E-state index is -0.935. The largest absolute Gasteiger partial charge is 0.478 e. The minimum absolute atomic E-state index is 0.0648. The fraction of sp³-hybridized carbons (Fsp3) is 0.750. The van der Waals surface area contributed by atoms with Crippen molar-refractivity contribution in [3.8, 4) is 0 Å². The molecule has 1 aliphatic carbocycles. The lowest BCUT2D eigenvalue weighted by molar-refractivity contribution is -0.132. The van der Waals surface area contributed by atoms with Gasteiger partial charge in [0.05, 0.1) is 12.7 Å². The topological polar surface area (TPSA) is 77.8 Å². The van der Waals surface area contributed by atoms with Crippen molar-refractivity contribution in [2.24, 2.45) is 5.92 Å². The lowest BCUT2D eigenvalue weighted by atomic mass is 9.85. The summed E-state index contributed by atoms with van der Waals surface area (Å²) in [6.07, 6.45) is 5.49. The molecule has 1 rings (SSSR count). The molecule has 16 heavy (non-hydrogen) atoms. The molecule has 4 nitrogen and oxygen atoms in total. The SMILES string of the molecule is C=C(C)C(=O)O.OCC(O)C1CCCCC1. The van der Waals surface area contributed by atoms with Gasteiger partial charge in [-0.15, -0.1) is 0 Å². The molecule has 0 aromatic carbocycles. The Kier molecular flexibility index (Phi) is 7.85. The van der Waals surface area contributed by atoms with Crippen LogP contribution in [0.25, 0.3) is 0 Å². The quantitative estimate of drug-likeness (QED) is 0.643. The van der Waals surface area contributed by atoms with E-state index in [0.717, 1.165) is 12.8 Å². The van der Waals surface area contributed by atoms with Crippen LogP contribution in [0.15, 0.2) is 12.2 Å². The van der Waals surface area contributed by atoms with Crippen molar-refractivity contribution in [2.75, 3.05) is 6.61 Å². The van der Waals surface area contributed by atoms with E-state index < -0.39 is 12.1 Å². The zero-order valence-corrected chi connectivity index (χ0v) is 9.85. The highest BCUT2D eigenvalue weighted by Crippen LogP contribution is 2.25. The van der Waals surface area contributed by atoms with E-state index in [4.69, 9.17) is 10.2 Å². The molecule has 3 N–H and O–H groups in total. The number of carbonyl (C=O) groups is 1. The van der Waals surface area contributed by atoms with Crippen molar-refractivity contribution >= 4 is 5.97 Å². The fourth-order valence-corrected chi connectivity index (χ4v) is 1.67. The van der Waals surface area contributed by atoms with E-state index in [-0.39, 0.29) is 12.2 Å². The third-order valence-corrected chi connectivity index (χ3v) is 2.75. The molecule has 0 amide bonds. The molecule has 1 fully saturated rings. The minimum Gasteiger partial charge on any atom is -0.478 e. The van der Waals surface area contributed by atoms with E-state index in [0.29, 0.717) is 5.92 Å². The van der Waals surface area contributed by atoms with Crippen molar-refractivity contribution in [1.82, 2.24) is 0 Å². The Morgan fingerprint density at radius 2 is 1.81 bits per heavy atom. The summed E-state index contributed by atoms with van der Waals surface area (Å²) in [6, 6.07) is 0. The summed E-state index contributed by atoms with van der Waals surface area (Å²) < 4.78 is 0. The van der Waals surface area contributed by atoms with Gasteiger partial charge < -0.3 is 15.3 Å². The second-order valence-corrected chi connectivity index (χ2v) is 4.23. The first-order valence-electron chi connectivity index (χ1n) is 5.66. The highest BCUT2D eigenvalue weighted by molar-refractivity contribution is 5.84. The molecule has 0 aliphatic heterocycles. The van der Waals surface area contributed by atoms with E-state index in [9.17, 15) is 9.90 Å². The van der Waals surface area contributed by atoms with E-state index in [1.165, 1.54) is 26.2 Å². The first-order valence-corrected chi connectivity index (χ1v) is 5.66. The third-order valence-electron chi connectivity index (χ3n) is 2.75. The lowest BCUT2D eigenvalue weighted by Gasteiger charge is -2.24. The summed E-state index contributed by atoms with van der Waals surface area (Å²) in [5.74, 6) is -0.561. The van der Waals surface area contributed by atoms with E-state index in [2.05, 4.69) is 6.58 Å². The van der Waals surface area contributed by atoms with E-state index in [1.807, 2.05) is 0 Å². The second kappa shape index (κ2) is 8.30. The Labute approximate surface area is 96.6 Å². The van der Waals surface area contributed by atoms with Gasteiger partial charge in [0.2, 0.25) is 0 Å². The average molecular weight is 230 g/mol. The van der Waals surface area contributed by atoms with Gasteiger partial charge >= 0.3 is 5.97 Å². The molecule has 0 saturated heterocycles. The number of rotatable bonds is 3. The Morgan fingerprint density at radius 1 is 1.38 bits per heavy atom. The zero-order valence-electron chi connectivity index (χ0n) is 9.85. The van der Waals surface area contributed by atoms with Gasteiger partial charge in [-0.1, -0.05) is 25.8 Å². The van der Waals surface area contributed by atoms with Crippen LogP contribution in [0.1, 0.15) is 39.0 Å². The number of hydrogen-bond acceptors (Lipinski definition) is 3. The molecule has 4 heteroatoms. The first kappa shape index (κ1) is 15.1. The third kappa shape index (κ3) is 6.58. The number of carboxylic acid groups (broad SMARTS) is 1. The van der Waals surface area contributed by atoms with Crippen LogP contribution in [-0.4, -0.2) is 34.0 Å². The van der Waals surface area contributed by atoms with Crippen LogP contribution in [-0.2, 0) is 4.79 Å². The van der Waals surface area contributed by atoms with Gasteiger partial charge in [0.1, 0.15) is 0 Å². The van der Waals surface area contributed by atoms with Crippen LogP contribution in [0, 0.1) is 5.92 Å². The fourth-order valence-electron chi connectivity index (χ4n) is 1.67. The van der Waals surface area contributed by atoms with Crippen molar-refractivity contribution in [3.05, 3.63) is 12.2 Å². The maximum absolute atomic E-state index is 9.60. The molecular weight excluding hydrogens is 208 g/mol. The average Bonchev–Trinajstić information content (AvgIpc) is 2.30. The normalized spacial score (nSPS) is 18.2. The van der Waals surface area contributed by atoms with Crippen LogP contribution < -0.4 is 0 Å². The lowest BCUT2D eigenvalue weighted by Crippen LogP contribution is -2.25. The van der Waals surface area contributed by atoms with Gasteiger partial charge in [-0.2, -0.15) is 0 Å². The van der Waals surface area contributed by atoms with Gasteiger partial charge in [-0.3, -0.25) is 0 Å². The number of aliphatic hydroxyl groups excluding tert-OH is 2. The molecule has 94 valence electrons. The van der Waals surface area contributed by atoms with Gasteiger partial charge in [0.15, 0.2) is 0 Å². The monoisotopic (exact) mass is 230 g/mol. The van der Waals surface area contributed by atoms with Crippen LogP contribution in [0.5, 0.6) is 0 Å². The highest BCUT2D eigenvalue weighted by Gasteiger charge is 2.20. The second-order valence-electron chi connectivity index (χ2n) is 4.23. The van der Waals surface area contributed by atoms with Gasteiger partial charge in [0, 0.05) is 5.57 Å². The van der Waals surface area contributed by atoms with Crippen molar-refractivity contribution in [1.29, 1.82) is 0 Å². The smallest absolute Gasteiger partial charge is 0.330 e. The van der Waals surface area contributed by atoms with Crippen LogP contribution >= 0.6 is 0 Å². The van der Waals surface area contributed by atoms with Crippen LogP contribution in [0.2, 0.25) is 0 Å². The zero-order chi connectivity index (χ0) is 12.6. The summed E-state index contributed by atoms with van der Waals surface area (Å²) in [7, 11) is 0. The highest BCUT2D eigenvalue weighted by atomic mass is 16.4. The number of hydrogen-bond donors (Lipinski definition) is 3. The molecular formula is C12H22O4. The molecule has 0 bridgehead atoms. The van der Waals surface area contributed by atoms with Crippen molar-refractivity contribution < 1.29 is 20.1 Å². The molecule has 1 atom stereocenters. The van der Waals surface area contributed by atoms with Gasteiger partial charge in [0.25, 0.3) is 0 Å². The molecule has 1 unspecified atom stereocenters. The molecule has 0 aromatic heterocycles. The molecule has 0 aromatic rings. The summed E-state index contributed by atoms with van der Waals surface area (Å²) >= 11 is 0. The van der Waals surface area contributed by atoms with Crippen LogP contribution in [0.4, 0.5) is 0 Å². The van der Waals surface area contributed by atoms with E-state index in [1.54, 1.807) is 0 Å². The first-order chi connectivity index (χ1) is 7.49. The predicted molar refractivity (Wildman–Crippen MR) is 62.1 cm³/mol. The van der Waals surface area contributed by atoms with E-state index >= 15 is 0 Å². The molecule has 1 aliphatic rings. The standard InChI is InChI=1S/C8H16O2.C4H6O2/c9-6-8(10)7-4-2-1-3-5-7;1-3(2)4(5)6/h7-10H,1-6H2;1H2,2H3,(H,5,6). The maximum Gasteiger partial charge on any atom is 0.330 e. The summed E-state index contributed by atoms with van der Waals surface area (Å²) in [5.41, 5.74) is 0.176. The predicted octanol–water partition coefficient (Wildman–Crippen LogP) is 1.57. The van der Waals surface area contributed by atoms with Crippen molar-refractivity contribution in [3.63, 3.8) is 0 Å². The Hall–Kier alpha value is -0.870. The Bertz CT molecular complexity index is 207. The molecule has 0 heterocycles. The Morgan fingerprint density at radius 3 is 2.12 bits per heavy atom. The summed E-state index contributed by atoms with van der Waals surface area (Å²) in [6.45, 7) is 4.54. The number of carboxylic acids is 1. The Balaban J connectivity index is 0.000000325. The molecule has 0 radical (unpaired) electrons. The van der Waals surface area contributed by atoms with Crippen molar-refractivity contribution in [2.45, 2.75) is 45.1 Å². The number of aliphatic carboxylic acids is 1.